The molecule has 3 atom stereocenters. The number of fused-ring (bicyclic) bond motifs is 2. The zero-order valence-electron chi connectivity index (χ0n) is 9.88. The Bertz CT molecular complexity index is 192. The van der Waals surface area contributed by atoms with Crippen molar-refractivity contribution in [3.63, 3.8) is 0 Å². The summed E-state index contributed by atoms with van der Waals surface area (Å²) in [5.74, 6) is 3.14. The average Bonchev–Trinajstić information content (AvgIpc) is 2.62. The smallest absolute Gasteiger partial charge is 0.0598 e. The Labute approximate surface area is 88.2 Å². The van der Waals surface area contributed by atoms with Gasteiger partial charge < -0.3 is 4.74 Å². The summed E-state index contributed by atoms with van der Waals surface area (Å²) in [5, 5.41) is 0. The quantitative estimate of drug-likeness (QED) is 0.670. The molecule has 2 bridgehead atoms. The fourth-order valence-corrected chi connectivity index (χ4v) is 3.25. The summed E-state index contributed by atoms with van der Waals surface area (Å²) in [7, 11) is 0. The first kappa shape index (κ1) is 10.5. The predicted molar refractivity (Wildman–Crippen MR) is 59.3 cm³/mol. The van der Waals surface area contributed by atoms with Crippen LogP contribution in [-0.4, -0.2) is 12.2 Å². The maximum absolute atomic E-state index is 5.80. The summed E-state index contributed by atoms with van der Waals surface area (Å²) < 4.78 is 5.80. The van der Waals surface area contributed by atoms with Crippen molar-refractivity contribution in [2.24, 2.45) is 17.8 Å². The van der Waals surface area contributed by atoms with E-state index < -0.39 is 0 Å². The molecule has 1 unspecified atom stereocenters. The van der Waals surface area contributed by atoms with Gasteiger partial charge in [-0.15, -0.1) is 0 Å². The fraction of sp³-hybridized carbons (Fsp3) is 1.00. The molecule has 0 saturated heterocycles. The lowest BCUT2D eigenvalue weighted by atomic mass is 9.87. The molecule has 2 fully saturated rings. The third-order valence-corrected chi connectivity index (χ3v) is 3.91. The monoisotopic (exact) mass is 196 g/mol. The van der Waals surface area contributed by atoms with Crippen LogP contribution in [0.15, 0.2) is 0 Å². The topological polar surface area (TPSA) is 9.23 Å². The van der Waals surface area contributed by atoms with Crippen molar-refractivity contribution in [3.05, 3.63) is 0 Å². The number of hydrogen-bond acceptors (Lipinski definition) is 1. The van der Waals surface area contributed by atoms with Crippen molar-refractivity contribution in [2.75, 3.05) is 6.61 Å². The van der Waals surface area contributed by atoms with Crippen molar-refractivity contribution in [2.45, 2.75) is 58.5 Å². The highest BCUT2D eigenvalue weighted by molar-refractivity contribution is 4.89. The normalized spacial score (nSPS) is 36.6. The van der Waals surface area contributed by atoms with Crippen molar-refractivity contribution in [1.29, 1.82) is 0 Å². The van der Waals surface area contributed by atoms with Crippen molar-refractivity contribution < 1.29 is 4.74 Å². The molecular weight excluding hydrogens is 172 g/mol. The Kier molecular flexibility index (Phi) is 2.88. The summed E-state index contributed by atoms with van der Waals surface area (Å²) in [6.45, 7) is 7.41. The zero-order chi connectivity index (χ0) is 10.2. The van der Waals surface area contributed by atoms with E-state index in [0.717, 1.165) is 24.4 Å². The van der Waals surface area contributed by atoms with Gasteiger partial charge in [0.1, 0.15) is 0 Å². The molecule has 2 rings (SSSR count). The minimum absolute atomic E-state index is 0.0532. The lowest BCUT2D eigenvalue weighted by molar-refractivity contribution is -0.0119. The van der Waals surface area contributed by atoms with Crippen molar-refractivity contribution in [1.82, 2.24) is 0 Å². The van der Waals surface area contributed by atoms with Gasteiger partial charge in [0, 0.05) is 6.61 Å². The molecule has 0 spiro atoms. The molecule has 0 heterocycles. The number of hydrogen-bond donors (Lipinski definition) is 0. The molecule has 2 aliphatic rings. The summed E-state index contributed by atoms with van der Waals surface area (Å²) in [6, 6.07) is 0. The second-order valence-corrected chi connectivity index (χ2v) is 6.18. The van der Waals surface area contributed by atoms with Crippen LogP contribution in [0.1, 0.15) is 52.9 Å². The molecule has 2 saturated carbocycles. The van der Waals surface area contributed by atoms with Gasteiger partial charge in [0.25, 0.3) is 0 Å². The Morgan fingerprint density at radius 2 is 1.93 bits per heavy atom. The molecule has 0 radical (unpaired) electrons. The van der Waals surface area contributed by atoms with Gasteiger partial charge in [-0.05, 0) is 64.2 Å². The Morgan fingerprint density at radius 1 is 1.14 bits per heavy atom. The third kappa shape index (κ3) is 2.50. The highest BCUT2D eigenvalue weighted by Crippen LogP contribution is 2.49. The maximum atomic E-state index is 5.80. The lowest BCUT2D eigenvalue weighted by Crippen LogP contribution is -2.22. The van der Waals surface area contributed by atoms with E-state index in [1.807, 2.05) is 0 Å². The van der Waals surface area contributed by atoms with E-state index in [9.17, 15) is 0 Å². The summed E-state index contributed by atoms with van der Waals surface area (Å²) in [6.07, 6.45) is 7.35. The first-order valence-electron chi connectivity index (χ1n) is 6.18. The average molecular weight is 196 g/mol. The van der Waals surface area contributed by atoms with Crippen LogP contribution in [0, 0.1) is 17.8 Å². The maximum Gasteiger partial charge on any atom is 0.0598 e. The number of rotatable bonds is 3. The molecule has 1 nitrogen and oxygen atoms in total. The van der Waals surface area contributed by atoms with E-state index >= 15 is 0 Å². The Balaban J connectivity index is 1.67. The first-order chi connectivity index (χ1) is 6.54. The second-order valence-electron chi connectivity index (χ2n) is 6.18. The lowest BCUT2D eigenvalue weighted by Gasteiger charge is -2.24. The van der Waals surface area contributed by atoms with Crippen LogP contribution in [0.5, 0.6) is 0 Å². The van der Waals surface area contributed by atoms with E-state index in [2.05, 4.69) is 20.8 Å². The largest absolute Gasteiger partial charge is 0.376 e. The van der Waals surface area contributed by atoms with Crippen LogP contribution in [0.2, 0.25) is 0 Å². The van der Waals surface area contributed by atoms with Crippen LogP contribution in [0.3, 0.4) is 0 Å². The molecule has 0 aromatic carbocycles. The molecule has 0 aliphatic heterocycles. The molecule has 0 aromatic heterocycles. The van der Waals surface area contributed by atoms with E-state index in [1.54, 1.807) is 0 Å². The van der Waals surface area contributed by atoms with Gasteiger partial charge in [0.05, 0.1) is 5.60 Å². The minimum atomic E-state index is 0.0532. The van der Waals surface area contributed by atoms with Crippen molar-refractivity contribution in [3.8, 4) is 0 Å². The van der Waals surface area contributed by atoms with Crippen LogP contribution in [0.4, 0.5) is 0 Å². The summed E-state index contributed by atoms with van der Waals surface area (Å²) in [5.41, 5.74) is 0.0532. The van der Waals surface area contributed by atoms with E-state index in [4.69, 9.17) is 4.74 Å². The minimum Gasteiger partial charge on any atom is -0.376 e. The fourth-order valence-electron chi connectivity index (χ4n) is 3.25. The van der Waals surface area contributed by atoms with E-state index in [0.29, 0.717) is 0 Å². The molecule has 0 aromatic rings. The molecular formula is C13H24O. The standard InChI is InChI=1S/C13H24O/c1-13(2,3)14-7-6-12-9-10-4-5-11(12)8-10/h10-12H,4-9H2,1-3H3/t10-,11+,12?/m0/s1. The molecule has 1 heteroatoms. The van der Waals surface area contributed by atoms with Crippen LogP contribution < -0.4 is 0 Å². The zero-order valence-corrected chi connectivity index (χ0v) is 9.88. The molecule has 0 N–H and O–H groups in total. The first-order valence-corrected chi connectivity index (χ1v) is 6.18. The Morgan fingerprint density at radius 3 is 2.43 bits per heavy atom. The molecule has 82 valence electrons. The summed E-state index contributed by atoms with van der Waals surface area (Å²) in [4.78, 5) is 0. The van der Waals surface area contributed by atoms with Gasteiger partial charge in [-0.1, -0.05) is 6.42 Å². The molecule has 2 aliphatic carbocycles. The van der Waals surface area contributed by atoms with Crippen LogP contribution in [-0.2, 0) is 4.74 Å². The number of ether oxygens (including phenoxy) is 1. The van der Waals surface area contributed by atoms with Crippen LogP contribution >= 0.6 is 0 Å². The second kappa shape index (κ2) is 3.84. The molecule has 0 amide bonds. The van der Waals surface area contributed by atoms with Gasteiger partial charge in [-0.3, -0.25) is 0 Å². The predicted octanol–water partition coefficient (Wildman–Crippen LogP) is 3.63. The van der Waals surface area contributed by atoms with E-state index in [1.165, 1.54) is 32.1 Å². The van der Waals surface area contributed by atoms with Gasteiger partial charge in [0.15, 0.2) is 0 Å². The summed E-state index contributed by atoms with van der Waals surface area (Å²) >= 11 is 0. The van der Waals surface area contributed by atoms with Gasteiger partial charge in [-0.2, -0.15) is 0 Å². The highest BCUT2D eigenvalue weighted by Gasteiger charge is 2.38. The SMILES string of the molecule is CC(C)(C)OCCC1C[C@H]2CC[C@@H]1C2. The highest BCUT2D eigenvalue weighted by atomic mass is 16.5. The third-order valence-electron chi connectivity index (χ3n) is 3.91. The van der Waals surface area contributed by atoms with Gasteiger partial charge >= 0.3 is 0 Å². The van der Waals surface area contributed by atoms with E-state index in [-0.39, 0.29) is 5.60 Å². The van der Waals surface area contributed by atoms with Gasteiger partial charge in [-0.25, -0.2) is 0 Å². The van der Waals surface area contributed by atoms with Gasteiger partial charge in [0.2, 0.25) is 0 Å². The van der Waals surface area contributed by atoms with Crippen molar-refractivity contribution >= 4 is 0 Å². The molecule has 14 heavy (non-hydrogen) atoms. The van der Waals surface area contributed by atoms with Crippen LogP contribution in [0.25, 0.3) is 0 Å². The Hall–Kier alpha value is -0.0400.